The number of rotatable bonds is 4. The van der Waals surface area contributed by atoms with Crippen LogP contribution in [0.5, 0.6) is 0 Å². The van der Waals surface area contributed by atoms with Crippen LogP contribution in [0, 0.1) is 0 Å². The molecule has 1 aliphatic carbocycles. The summed E-state index contributed by atoms with van der Waals surface area (Å²) in [4.78, 5) is 13.1. The Hall–Kier alpha value is -0.780. The average Bonchev–Trinajstić information content (AvgIpc) is 2.80. The number of ether oxygens (including phenoxy) is 1. The van der Waals surface area contributed by atoms with E-state index < -0.39 is 5.60 Å². The van der Waals surface area contributed by atoms with Gasteiger partial charge >= 0.3 is 6.09 Å². The van der Waals surface area contributed by atoms with Gasteiger partial charge in [-0.15, -0.1) is 11.3 Å². The van der Waals surface area contributed by atoms with Gasteiger partial charge in [0.05, 0.1) is 4.34 Å². The summed E-state index contributed by atoms with van der Waals surface area (Å²) < 4.78 is 6.15. The zero-order valence-corrected chi connectivity index (χ0v) is 15.0. The van der Waals surface area contributed by atoms with Crippen molar-refractivity contribution >= 4 is 29.0 Å². The van der Waals surface area contributed by atoms with Gasteiger partial charge in [-0.3, -0.25) is 0 Å². The van der Waals surface area contributed by atoms with E-state index in [0.29, 0.717) is 6.04 Å². The van der Waals surface area contributed by atoms with E-state index in [1.807, 2.05) is 26.8 Å². The van der Waals surface area contributed by atoms with Gasteiger partial charge in [-0.25, -0.2) is 4.79 Å². The Balaban J connectivity index is 1.75. The molecule has 4 nitrogen and oxygen atoms in total. The predicted molar refractivity (Wildman–Crippen MR) is 91.6 cm³/mol. The minimum absolute atomic E-state index is 0.188. The minimum atomic E-state index is -0.450. The number of amides is 1. The number of carbonyl (C=O) groups excluding carboxylic acids is 1. The average molecular weight is 345 g/mol. The zero-order valence-electron chi connectivity index (χ0n) is 13.4. The highest BCUT2D eigenvalue weighted by molar-refractivity contribution is 7.16. The highest BCUT2D eigenvalue weighted by Gasteiger charge is 2.25. The van der Waals surface area contributed by atoms with Gasteiger partial charge in [-0.1, -0.05) is 11.6 Å². The van der Waals surface area contributed by atoms with Crippen LogP contribution in [0.3, 0.4) is 0 Å². The van der Waals surface area contributed by atoms with Crippen LogP contribution in [0.15, 0.2) is 12.1 Å². The first-order chi connectivity index (χ1) is 10.3. The number of hydrogen-bond donors (Lipinski definition) is 2. The standard InChI is InChI=1S/C16H25ClN2O2S/c1-16(2,3)21-15(20)19-12-6-4-5-11(9-12)18-10-13-7-8-14(17)22-13/h7-8,11-12,18H,4-6,9-10H2,1-3H3,(H,19,20). The van der Waals surface area contributed by atoms with Crippen molar-refractivity contribution in [3.8, 4) is 0 Å². The summed E-state index contributed by atoms with van der Waals surface area (Å²) >= 11 is 7.55. The number of halogens is 1. The van der Waals surface area contributed by atoms with Crippen LogP contribution in [0.25, 0.3) is 0 Å². The summed E-state index contributed by atoms with van der Waals surface area (Å²) in [5, 5.41) is 6.55. The Kier molecular flexibility index (Phi) is 6.12. The molecule has 124 valence electrons. The molecule has 0 radical (unpaired) electrons. The van der Waals surface area contributed by atoms with Crippen molar-refractivity contribution in [2.45, 2.75) is 70.7 Å². The summed E-state index contributed by atoms with van der Waals surface area (Å²) in [6.45, 7) is 6.47. The molecule has 1 aliphatic rings. The maximum absolute atomic E-state index is 11.8. The fourth-order valence-electron chi connectivity index (χ4n) is 2.67. The Morgan fingerprint density at radius 3 is 2.73 bits per heavy atom. The van der Waals surface area contributed by atoms with Crippen molar-refractivity contribution in [3.05, 3.63) is 21.3 Å². The van der Waals surface area contributed by atoms with Crippen molar-refractivity contribution in [1.29, 1.82) is 0 Å². The van der Waals surface area contributed by atoms with E-state index in [2.05, 4.69) is 16.7 Å². The number of hydrogen-bond acceptors (Lipinski definition) is 4. The Morgan fingerprint density at radius 1 is 1.36 bits per heavy atom. The second kappa shape index (κ2) is 7.66. The fourth-order valence-corrected chi connectivity index (χ4v) is 3.71. The summed E-state index contributed by atoms with van der Waals surface area (Å²) in [7, 11) is 0. The first-order valence-electron chi connectivity index (χ1n) is 7.79. The van der Waals surface area contributed by atoms with Gasteiger partial charge in [-0.05, 0) is 58.6 Å². The third kappa shape index (κ3) is 6.15. The van der Waals surface area contributed by atoms with E-state index in [0.717, 1.165) is 36.6 Å². The van der Waals surface area contributed by atoms with Crippen LogP contribution < -0.4 is 10.6 Å². The summed E-state index contributed by atoms with van der Waals surface area (Å²) in [5.74, 6) is 0. The Morgan fingerprint density at radius 2 is 2.09 bits per heavy atom. The topological polar surface area (TPSA) is 50.4 Å². The first-order valence-corrected chi connectivity index (χ1v) is 8.98. The van der Waals surface area contributed by atoms with Gasteiger partial charge in [0.1, 0.15) is 5.60 Å². The molecule has 1 amide bonds. The van der Waals surface area contributed by atoms with Gasteiger partial charge < -0.3 is 15.4 Å². The molecule has 0 aliphatic heterocycles. The minimum Gasteiger partial charge on any atom is -0.444 e. The molecule has 1 aromatic rings. The lowest BCUT2D eigenvalue weighted by atomic mass is 9.91. The summed E-state index contributed by atoms with van der Waals surface area (Å²) in [6.07, 6.45) is 3.90. The van der Waals surface area contributed by atoms with Gasteiger partial charge in [0.2, 0.25) is 0 Å². The van der Waals surface area contributed by atoms with Gasteiger partial charge in [-0.2, -0.15) is 0 Å². The van der Waals surface area contributed by atoms with Gasteiger partial charge in [0, 0.05) is 23.5 Å². The smallest absolute Gasteiger partial charge is 0.407 e. The number of nitrogens with one attached hydrogen (secondary N) is 2. The highest BCUT2D eigenvalue weighted by Crippen LogP contribution is 2.23. The molecule has 1 heterocycles. The molecular weight excluding hydrogens is 320 g/mol. The van der Waals surface area contributed by atoms with E-state index in [1.165, 1.54) is 4.88 Å². The largest absolute Gasteiger partial charge is 0.444 e. The van der Waals surface area contributed by atoms with Crippen LogP contribution in [0.2, 0.25) is 4.34 Å². The second-order valence-electron chi connectivity index (χ2n) is 6.79. The van der Waals surface area contributed by atoms with Crippen molar-refractivity contribution in [1.82, 2.24) is 10.6 Å². The lowest BCUT2D eigenvalue weighted by Crippen LogP contribution is -2.45. The normalized spacial score (nSPS) is 22.4. The molecule has 2 N–H and O–H groups in total. The lowest BCUT2D eigenvalue weighted by molar-refractivity contribution is 0.0488. The van der Waals surface area contributed by atoms with Gasteiger partial charge in [0.15, 0.2) is 0 Å². The highest BCUT2D eigenvalue weighted by atomic mass is 35.5. The van der Waals surface area contributed by atoms with Crippen LogP contribution in [0.4, 0.5) is 4.79 Å². The Labute approximate surface area is 141 Å². The maximum atomic E-state index is 11.8. The molecule has 22 heavy (non-hydrogen) atoms. The molecule has 0 aromatic carbocycles. The molecule has 1 fully saturated rings. The van der Waals surface area contributed by atoms with E-state index in [9.17, 15) is 4.79 Å². The number of thiophene rings is 1. The van der Waals surface area contributed by atoms with E-state index in [-0.39, 0.29) is 12.1 Å². The van der Waals surface area contributed by atoms with Crippen molar-refractivity contribution in [3.63, 3.8) is 0 Å². The molecule has 2 rings (SSSR count). The first kappa shape index (κ1) is 17.6. The summed E-state index contributed by atoms with van der Waals surface area (Å²) in [5.41, 5.74) is -0.450. The molecular formula is C16H25ClN2O2S. The molecule has 2 unspecified atom stereocenters. The molecule has 0 bridgehead atoms. The molecule has 1 saturated carbocycles. The molecule has 2 atom stereocenters. The quantitative estimate of drug-likeness (QED) is 0.854. The Bertz CT molecular complexity index is 499. The molecule has 6 heteroatoms. The van der Waals surface area contributed by atoms with Crippen LogP contribution in [-0.4, -0.2) is 23.8 Å². The number of carbonyl (C=O) groups is 1. The molecule has 1 aromatic heterocycles. The zero-order chi connectivity index (χ0) is 16.2. The second-order valence-corrected chi connectivity index (χ2v) is 8.59. The van der Waals surface area contributed by atoms with Crippen molar-refractivity contribution < 1.29 is 9.53 Å². The monoisotopic (exact) mass is 344 g/mol. The van der Waals surface area contributed by atoms with Crippen molar-refractivity contribution in [2.24, 2.45) is 0 Å². The van der Waals surface area contributed by atoms with Crippen molar-refractivity contribution in [2.75, 3.05) is 0 Å². The van der Waals surface area contributed by atoms with Crippen LogP contribution in [0.1, 0.15) is 51.3 Å². The van der Waals surface area contributed by atoms with Crippen LogP contribution >= 0.6 is 22.9 Å². The van der Waals surface area contributed by atoms with E-state index in [1.54, 1.807) is 11.3 Å². The van der Waals surface area contributed by atoms with E-state index in [4.69, 9.17) is 16.3 Å². The fraction of sp³-hybridized carbons (Fsp3) is 0.688. The lowest BCUT2D eigenvalue weighted by Gasteiger charge is -2.31. The molecule has 0 spiro atoms. The predicted octanol–water partition coefficient (Wildman–Crippen LogP) is 4.33. The molecule has 0 saturated heterocycles. The summed E-state index contributed by atoms with van der Waals surface area (Å²) in [6, 6.07) is 4.60. The number of alkyl carbamates (subject to hydrolysis) is 1. The maximum Gasteiger partial charge on any atom is 0.407 e. The third-order valence-electron chi connectivity index (χ3n) is 3.59. The van der Waals surface area contributed by atoms with Gasteiger partial charge in [0.25, 0.3) is 0 Å². The third-order valence-corrected chi connectivity index (χ3v) is 4.82. The van der Waals surface area contributed by atoms with Crippen LogP contribution in [-0.2, 0) is 11.3 Å². The van der Waals surface area contributed by atoms with E-state index >= 15 is 0 Å². The SMILES string of the molecule is CC(C)(C)OC(=O)NC1CCCC(NCc2ccc(Cl)s2)C1.